The number of aliphatic hydroxyl groups is 3. The normalized spacial score (nSPS) is 45.0. The van der Waals surface area contributed by atoms with E-state index in [1.165, 1.54) is 0 Å². The number of hydrogen-bond acceptors (Lipinski definition) is 4. The molecule has 2 unspecified atom stereocenters. The molecule has 0 saturated carbocycles. The molecule has 0 bridgehead atoms. The van der Waals surface area contributed by atoms with Gasteiger partial charge in [0.15, 0.2) is 6.29 Å². The topological polar surface area (TPSA) is 69.9 Å². The highest BCUT2D eigenvalue weighted by Gasteiger charge is 2.26. The zero-order valence-corrected chi connectivity index (χ0v) is 4.90. The van der Waals surface area contributed by atoms with Crippen molar-refractivity contribution in [2.24, 2.45) is 0 Å². The van der Waals surface area contributed by atoms with Gasteiger partial charge in [0.2, 0.25) is 0 Å². The molecule has 3 atom stereocenters. The summed E-state index contributed by atoms with van der Waals surface area (Å²) in [5.74, 6) is 0. The van der Waals surface area contributed by atoms with Gasteiger partial charge >= 0.3 is 0 Å². The highest BCUT2D eigenvalue weighted by atomic mass is 16.6. The van der Waals surface area contributed by atoms with Crippen LogP contribution in [0, 0.1) is 0 Å². The van der Waals surface area contributed by atoms with E-state index < -0.39 is 18.5 Å². The van der Waals surface area contributed by atoms with Crippen LogP contribution in [-0.4, -0.2) is 40.4 Å². The Balaban J connectivity index is 2.35. The maximum Gasteiger partial charge on any atom is 0.181 e. The molecule has 3 N–H and O–H groups in total. The van der Waals surface area contributed by atoms with E-state index in [-0.39, 0.29) is 13.0 Å². The molecule has 54 valence electrons. The number of ether oxygens (including phenoxy) is 1. The molecule has 1 heterocycles. The molecule has 0 aliphatic carbocycles. The third kappa shape index (κ3) is 1.62. The molecule has 1 saturated heterocycles. The van der Waals surface area contributed by atoms with Crippen molar-refractivity contribution in [2.75, 3.05) is 6.61 Å². The van der Waals surface area contributed by atoms with E-state index in [0.717, 1.165) is 0 Å². The average Bonchev–Trinajstić information content (AvgIpc) is 1.80. The van der Waals surface area contributed by atoms with Gasteiger partial charge in [-0.2, -0.15) is 0 Å². The van der Waals surface area contributed by atoms with Gasteiger partial charge in [-0.15, -0.1) is 0 Å². The van der Waals surface area contributed by atoms with E-state index in [9.17, 15) is 0 Å². The van der Waals surface area contributed by atoms with Crippen LogP contribution >= 0.6 is 0 Å². The second-order valence-corrected chi connectivity index (χ2v) is 2.18. The van der Waals surface area contributed by atoms with Crippen LogP contribution in [0.1, 0.15) is 6.42 Å². The molecule has 0 amide bonds. The fourth-order valence-electron chi connectivity index (χ4n) is 0.784. The first-order chi connectivity index (χ1) is 4.20. The van der Waals surface area contributed by atoms with Crippen molar-refractivity contribution in [3.05, 3.63) is 0 Å². The molecule has 0 aromatic carbocycles. The van der Waals surface area contributed by atoms with Crippen molar-refractivity contribution in [1.82, 2.24) is 0 Å². The van der Waals surface area contributed by atoms with Crippen LogP contribution in [-0.2, 0) is 4.74 Å². The van der Waals surface area contributed by atoms with Crippen molar-refractivity contribution >= 4 is 0 Å². The zero-order valence-electron chi connectivity index (χ0n) is 4.90. The van der Waals surface area contributed by atoms with Crippen LogP contribution in [0.5, 0.6) is 0 Å². The molecular weight excluding hydrogens is 124 g/mol. The van der Waals surface area contributed by atoms with E-state index in [1.54, 1.807) is 0 Å². The van der Waals surface area contributed by atoms with Crippen LogP contribution in [0.3, 0.4) is 0 Å². The van der Waals surface area contributed by atoms with Crippen molar-refractivity contribution in [3.8, 4) is 0 Å². The molecule has 4 nitrogen and oxygen atoms in total. The van der Waals surface area contributed by atoms with Crippen molar-refractivity contribution in [1.29, 1.82) is 0 Å². The summed E-state index contributed by atoms with van der Waals surface area (Å²) in [4.78, 5) is 0. The lowest BCUT2D eigenvalue weighted by Crippen LogP contribution is -2.40. The van der Waals surface area contributed by atoms with E-state index >= 15 is 0 Å². The van der Waals surface area contributed by atoms with Gasteiger partial charge in [0, 0.05) is 6.42 Å². The smallest absolute Gasteiger partial charge is 0.181 e. The van der Waals surface area contributed by atoms with Gasteiger partial charge in [0.05, 0.1) is 12.7 Å². The molecule has 1 aliphatic heterocycles. The quantitative estimate of drug-likeness (QED) is 0.375. The summed E-state index contributed by atoms with van der Waals surface area (Å²) in [5.41, 5.74) is 0. The Morgan fingerprint density at radius 2 is 1.89 bits per heavy atom. The van der Waals surface area contributed by atoms with Crippen LogP contribution in [0.15, 0.2) is 0 Å². The third-order valence-electron chi connectivity index (χ3n) is 1.30. The lowest BCUT2D eigenvalue weighted by Gasteiger charge is -2.26. The Bertz CT molecular complexity index is 95.0. The van der Waals surface area contributed by atoms with Crippen LogP contribution in [0.2, 0.25) is 0 Å². The first-order valence-electron chi connectivity index (χ1n) is 2.86. The molecule has 9 heavy (non-hydrogen) atoms. The van der Waals surface area contributed by atoms with Crippen LogP contribution in [0.4, 0.5) is 0 Å². The van der Waals surface area contributed by atoms with E-state index in [2.05, 4.69) is 4.74 Å². The number of hydrogen-bond donors (Lipinski definition) is 3. The van der Waals surface area contributed by atoms with Gasteiger partial charge < -0.3 is 20.1 Å². The highest BCUT2D eigenvalue weighted by molar-refractivity contribution is 4.70. The molecule has 0 aromatic rings. The van der Waals surface area contributed by atoms with Gasteiger partial charge in [0.1, 0.15) is 6.10 Å². The lowest BCUT2D eigenvalue weighted by atomic mass is 10.1. The molecule has 1 fully saturated rings. The summed E-state index contributed by atoms with van der Waals surface area (Å²) in [6, 6.07) is 0. The molecule has 1 rings (SSSR count). The Labute approximate surface area is 52.7 Å². The minimum Gasteiger partial charge on any atom is -0.391 e. The molecule has 4 heteroatoms. The van der Waals surface area contributed by atoms with Gasteiger partial charge in [-0.3, -0.25) is 0 Å². The minimum absolute atomic E-state index is 0.109. The maximum atomic E-state index is 8.81. The predicted molar refractivity (Wildman–Crippen MR) is 28.6 cm³/mol. The van der Waals surface area contributed by atoms with Gasteiger partial charge in [0.25, 0.3) is 0 Å². The summed E-state index contributed by atoms with van der Waals surface area (Å²) in [7, 11) is 0. The fraction of sp³-hybridized carbons (Fsp3) is 1.00. The van der Waals surface area contributed by atoms with Crippen LogP contribution in [0.25, 0.3) is 0 Å². The van der Waals surface area contributed by atoms with E-state index in [4.69, 9.17) is 15.3 Å². The zero-order chi connectivity index (χ0) is 6.85. The first-order valence-corrected chi connectivity index (χ1v) is 2.86. The molecule has 1 aliphatic rings. The summed E-state index contributed by atoms with van der Waals surface area (Å²) in [5, 5.41) is 26.3. The number of aliphatic hydroxyl groups excluding tert-OH is 3. The second-order valence-electron chi connectivity index (χ2n) is 2.18. The van der Waals surface area contributed by atoms with Gasteiger partial charge in [-0.1, -0.05) is 0 Å². The first kappa shape index (κ1) is 6.95. The minimum atomic E-state index is -1.12. The summed E-state index contributed by atoms with van der Waals surface area (Å²) >= 11 is 0. The molecule has 0 aromatic heterocycles. The average molecular weight is 134 g/mol. The van der Waals surface area contributed by atoms with Gasteiger partial charge in [-0.25, -0.2) is 0 Å². The predicted octanol–water partition coefficient (Wildman–Crippen LogP) is -1.55. The van der Waals surface area contributed by atoms with Crippen molar-refractivity contribution < 1.29 is 20.1 Å². The SMILES string of the molecule is OC1CO[C@H](O)C(O)C1. The summed E-state index contributed by atoms with van der Waals surface area (Å²) in [6.45, 7) is 0.109. The van der Waals surface area contributed by atoms with Gasteiger partial charge in [-0.05, 0) is 0 Å². The van der Waals surface area contributed by atoms with Crippen molar-refractivity contribution in [2.45, 2.75) is 24.9 Å². The van der Waals surface area contributed by atoms with E-state index in [1.807, 2.05) is 0 Å². The second kappa shape index (κ2) is 2.62. The Kier molecular flexibility index (Phi) is 2.02. The Morgan fingerprint density at radius 3 is 2.33 bits per heavy atom. The van der Waals surface area contributed by atoms with E-state index in [0.29, 0.717) is 0 Å². The molecule has 0 radical (unpaired) electrons. The summed E-state index contributed by atoms with van der Waals surface area (Å²) < 4.78 is 4.56. The lowest BCUT2D eigenvalue weighted by molar-refractivity contribution is -0.211. The number of rotatable bonds is 0. The largest absolute Gasteiger partial charge is 0.391 e. The monoisotopic (exact) mass is 134 g/mol. The van der Waals surface area contributed by atoms with Crippen LogP contribution < -0.4 is 0 Å². The standard InChI is InChI=1S/C5H10O4/c6-3-1-4(7)5(8)9-2-3/h3-8H,1-2H2/t3?,4?,5-/m0/s1. The van der Waals surface area contributed by atoms with Crippen molar-refractivity contribution in [3.63, 3.8) is 0 Å². The Hall–Kier alpha value is -0.160. The Morgan fingerprint density at radius 1 is 1.22 bits per heavy atom. The maximum absolute atomic E-state index is 8.81. The third-order valence-corrected chi connectivity index (χ3v) is 1.30. The summed E-state index contributed by atoms with van der Waals surface area (Å²) in [6.07, 6.45) is -2.49. The molecular formula is C5H10O4. The molecule has 0 spiro atoms. The highest BCUT2D eigenvalue weighted by Crippen LogP contribution is 2.11. The fourth-order valence-corrected chi connectivity index (χ4v) is 0.784.